The lowest BCUT2D eigenvalue weighted by Gasteiger charge is -2.41. The molecule has 5 rings (SSSR count). The Bertz CT molecular complexity index is 1150. The standard InChI is InChI=1S/C27H31ClN4O4/c28-19-7-5-8-20(15-19)29-26(35)30-21-17-36-23-10-2-1-9-22(23)32(25(21)34)16-24(33)31-14-6-13-27(18-31)11-3-4-12-27/h1-2,5,7-10,15,21H,3-4,6,11-14,16-18H2,(H2,29,30,35)/t21-/m1/s1. The van der Waals surface area contributed by atoms with Crippen LogP contribution < -0.4 is 20.3 Å². The number of urea groups is 1. The number of ether oxygens (including phenoxy) is 1. The molecule has 2 N–H and O–H groups in total. The normalized spacial score (nSPS) is 20.9. The zero-order valence-electron chi connectivity index (χ0n) is 20.2. The largest absolute Gasteiger partial charge is 0.489 e. The van der Waals surface area contributed by atoms with Crippen LogP contribution in [0.3, 0.4) is 0 Å². The number of carbonyl (C=O) groups is 3. The van der Waals surface area contributed by atoms with Crippen molar-refractivity contribution in [1.82, 2.24) is 10.2 Å². The van der Waals surface area contributed by atoms with Gasteiger partial charge in [-0.3, -0.25) is 14.5 Å². The molecule has 1 spiro atoms. The van der Waals surface area contributed by atoms with Crippen molar-refractivity contribution in [3.8, 4) is 5.75 Å². The third kappa shape index (κ3) is 5.28. The SMILES string of the molecule is O=C(Nc1cccc(Cl)c1)N[C@@H]1COc2ccccc2N(CC(=O)N2CCCC3(CCCC3)C2)C1=O. The van der Waals surface area contributed by atoms with E-state index < -0.39 is 12.1 Å². The number of hydrogen-bond acceptors (Lipinski definition) is 4. The van der Waals surface area contributed by atoms with Crippen molar-refractivity contribution < 1.29 is 19.1 Å². The van der Waals surface area contributed by atoms with Crippen molar-refractivity contribution in [3.05, 3.63) is 53.6 Å². The van der Waals surface area contributed by atoms with Gasteiger partial charge in [0.2, 0.25) is 5.91 Å². The minimum absolute atomic E-state index is 0.0453. The number of benzene rings is 2. The van der Waals surface area contributed by atoms with E-state index in [4.69, 9.17) is 16.3 Å². The maximum Gasteiger partial charge on any atom is 0.320 e. The average Bonchev–Trinajstić information content (AvgIpc) is 3.27. The molecule has 1 saturated heterocycles. The first kappa shape index (κ1) is 24.4. The predicted octanol–water partition coefficient (Wildman–Crippen LogP) is 4.44. The first-order chi connectivity index (χ1) is 17.4. The van der Waals surface area contributed by atoms with Crippen LogP contribution in [0.5, 0.6) is 5.75 Å². The average molecular weight is 511 g/mol. The third-order valence-electron chi connectivity index (χ3n) is 7.49. The molecule has 2 aliphatic heterocycles. The lowest BCUT2D eigenvalue weighted by atomic mass is 9.78. The minimum atomic E-state index is -0.966. The molecule has 4 amide bonds. The Morgan fingerprint density at radius 1 is 1.06 bits per heavy atom. The number of hydrogen-bond donors (Lipinski definition) is 2. The molecule has 2 heterocycles. The fourth-order valence-corrected chi connectivity index (χ4v) is 5.89. The summed E-state index contributed by atoms with van der Waals surface area (Å²) >= 11 is 6.00. The molecule has 3 aliphatic rings. The van der Waals surface area contributed by atoms with Gasteiger partial charge in [0, 0.05) is 23.8 Å². The second-order valence-electron chi connectivity index (χ2n) is 9.99. The molecule has 36 heavy (non-hydrogen) atoms. The Balaban J connectivity index is 1.31. The van der Waals surface area contributed by atoms with Gasteiger partial charge >= 0.3 is 6.03 Å². The molecule has 0 aromatic heterocycles. The van der Waals surface area contributed by atoms with E-state index >= 15 is 0 Å². The van der Waals surface area contributed by atoms with Crippen molar-refractivity contribution in [2.45, 2.75) is 44.6 Å². The number of nitrogens with one attached hydrogen (secondary N) is 2. The number of carbonyl (C=O) groups excluding carboxylic acids is 3. The highest BCUT2D eigenvalue weighted by atomic mass is 35.5. The Morgan fingerprint density at radius 3 is 2.64 bits per heavy atom. The van der Waals surface area contributed by atoms with E-state index in [-0.39, 0.29) is 30.4 Å². The number of amides is 4. The topological polar surface area (TPSA) is 91.0 Å². The van der Waals surface area contributed by atoms with Gasteiger partial charge in [0.15, 0.2) is 0 Å². The fraction of sp³-hybridized carbons (Fsp3) is 0.444. The maximum atomic E-state index is 13.6. The van der Waals surface area contributed by atoms with Gasteiger partial charge in [-0.25, -0.2) is 4.79 Å². The summed E-state index contributed by atoms with van der Waals surface area (Å²) in [6.45, 7) is 1.33. The smallest absolute Gasteiger partial charge is 0.320 e. The Morgan fingerprint density at radius 2 is 1.83 bits per heavy atom. The monoisotopic (exact) mass is 510 g/mol. The molecule has 1 atom stereocenters. The van der Waals surface area contributed by atoms with Crippen molar-refractivity contribution in [2.24, 2.45) is 5.41 Å². The van der Waals surface area contributed by atoms with Gasteiger partial charge in [0.05, 0.1) is 5.69 Å². The summed E-state index contributed by atoms with van der Waals surface area (Å²) < 4.78 is 5.88. The molecule has 190 valence electrons. The van der Waals surface area contributed by atoms with Crippen LogP contribution in [0.25, 0.3) is 0 Å². The quantitative estimate of drug-likeness (QED) is 0.636. The minimum Gasteiger partial charge on any atom is -0.489 e. The van der Waals surface area contributed by atoms with Gasteiger partial charge in [-0.05, 0) is 61.4 Å². The van der Waals surface area contributed by atoms with Gasteiger partial charge in [-0.15, -0.1) is 0 Å². The van der Waals surface area contributed by atoms with E-state index in [1.165, 1.54) is 37.0 Å². The number of likely N-dealkylation sites (tertiary alicyclic amines) is 1. The summed E-state index contributed by atoms with van der Waals surface area (Å²) in [5.41, 5.74) is 1.27. The molecule has 9 heteroatoms. The molecule has 8 nitrogen and oxygen atoms in total. The number of halogens is 1. The molecule has 2 aromatic rings. The van der Waals surface area contributed by atoms with Crippen LogP contribution in [-0.2, 0) is 9.59 Å². The number of anilines is 2. The highest BCUT2D eigenvalue weighted by Gasteiger charge is 2.40. The zero-order chi connectivity index (χ0) is 25.1. The molecule has 1 aliphatic carbocycles. The van der Waals surface area contributed by atoms with Crippen LogP contribution in [0.15, 0.2) is 48.5 Å². The third-order valence-corrected chi connectivity index (χ3v) is 7.72. The summed E-state index contributed by atoms with van der Waals surface area (Å²) in [5.74, 6) is 0.0411. The second kappa shape index (κ2) is 10.4. The van der Waals surface area contributed by atoms with E-state index in [0.29, 0.717) is 28.7 Å². The first-order valence-corrected chi connectivity index (χ1v) is 12.9. The van der Waals surface area contributed by atoms with Gasteiger partial charge in [-0.2, -0.15) is 0 Å². The van der Waals surface area contributed by atoms with E-state index in [9.17, 15) is 14.4 Å². The maximum absolute atomic E-state index is 13.6. The Hall–Kier alpha value is -3.26. The summed E-state index contributed by atoms with van der Waals surface area (Å²) in [4.78, 5) is 43.1. The summed E-state index contributed by atoms with van der Waals surface area (Å²) in [5, 5.41) is 5.88. The molecular weight excluding hydrogens is 480 g/mol. The number of fused-ring (bicyclic) bond motifs is 1. The zero-order valence-corrected chi connectivity index (χ0v) is 20.9. The van der Waals surface area contributed by atoms with Crippen molar-refractivity contribution in [1.29, 1.82) is 0 Å². The van der Waals surface area contributed by atoms with Gasteiger partial charge in [0.1, 0.15) is 24.9 Å². The molecule has 0 radical (unpaired) electrons. The van der Waals surface area contributed by atoms with Gasteiger partial charge in [-0.1, -0.05) is 42.6 Å². The van der Waals surface area contributed by atoms with Crippen molar-refractivity contribution >= 4 is 40.8 Å². The fourth-order valence-electron chi connectivity index (χ4n) is 5.70. The van der Waals surface area contributed by atoms with E-state index in [2.05, 4.69) is 10.6 Å². The lowest BCUT2D eigenvalue weighted by Crippen LogP contribution is -2.54. The number of nitrogens with zero attached hydrogens (tertiary/aromatic N) is 2. The van der Waals surface area contributed by atoms with Crippen LogP contribution in [0.1, 0.15) is 38.5 Å². The van der Waals surface area contributed by atoms with Crippen LogP contribution in [0.4, 0.5) is 16.2 Å². The second-order valence-corrected chi connectivity index (χ2v) is 10.4. The number of para-hydroxylation sites is 2. The number of rotatable bonds is 4. The Labute approximate surface area is 215 Å². The lowest BCUT2D eigenvalue weighted by molar-refractivity contribution is -0.134. The Kier molecular flexibility index (Phi) is 7.05. The van der Waals surface area contributed by atoms with E-state index in [1.54, 1.807) is 42.5 Å². The predicted molar refractivity (Wildman–Crippen MR) is 138 cm³/mol. The van der Waals surface area contributed by atoms with Crippen molar-refractivity contribution in [2.75, 3.05) is 36.5 Å². The summed E-state index contributed by atoms with van der Waals surface area (Å²) in [7, 11) is 0. The molecule has 0 bridgehead atoms. The highest BCUT2D eigenvalue weighted by molar-refractivity contribution is 6.30. The van der Waals surface area contributed by atoms with Gasteiger partial charge in [0.25, 0.3) is 5.91 Å². The van der Waals surface area contributed by atoms with E-state index in [0.717, 1.165) is 13.0 Å². The molecule has 0 unspecified atom stereocenters. The molecule has 2 aromatic carbocycles. The van der Waals surface area contributed by atoms with Crippen molar-refractivity contribution in [3.63, 3.8) is 0 Å². The van der Waals surface area contributed by atoms with Crippen LogP contribution in [0.2, 0.25) is 5.02 Å². The first-order valence-electron chi connectivity index (χ1n) is 12.6. The van der Waals surface area contributed by atoms with E-state index in [1.807, 2.05) is 11.0 Å². The van der Waals surface area contributed by atoms with Crippen LogP contribution >= 0.6 is 11.6 Å². The summed E-state index contributed by atoms with van der Waals surface area (Å²) in [6.07, 6.45) is 6.95. The van der Waals surface area contributed by atoms with Gasteiger partial charge < -0.3 is 20.3 Å². The molecular formula is C27H31ClN4O4. The molecule has 2 fully saturated rings. The highest BCUT2D eigenvalue weighted by Crippen LogP contribution is 2.44. The number of piperidine rings is 1. The molecule has 1 saturated carbocycles. The summed E-state index contributed by atoms with van der Waals surface area (Å²) in [6, 6.07) is 12.4. The van der Waals surface area contributed by atoms with Crippen LogP contribution in [-0.4, -0.2) is 55.0 Å². The van der Waals surface area contributed by atoms with Crippen LogP contribution in [0, 0.1) is 5.41 Å².